The number of carbonyl (C=O) groups is 1. The summed E-state index contributed by atoms with van der Waals surface area (Å²) in [5.74, 6) is 0.0587. The van der Waals surface area contributed by atoms with Crippen LogP contribution in [-0.2, 0) is 9.84 Å². The summed E-state index contributed by atoms with van der Waals surface area (Å²) in [4.78, 5) is 13.9. The fraction of sp³-hybridized carbons (Fsp3) is 0.500. The Morgan fingerprint density at radius 2 is 1.75 bits per heavy atom. The molecule has 1 aliphatic heterocycles. The molecule has 0 amide bonds. The second-order valence-corrected chi connectivity index (χ2v) is 7.33. The van der Waals surface area contributed by atoms with Gasteiger partial charge in [0.15, 0.2) is 15.6 Å². The van der Waals surface area contributed by atoms with E-state index in [1.807, 2.05) is 0 Å². The van der Waals surface area contributed by atoms with Crippen molar-refractivity contribution in [3.05, 3.63) is 35.6 Å². The van der Waals surface area contributed by atoms with Gasteiger partial charge in [-0.1, -0.05) is 0 Å². The van der Waals surface area contributed by atoms with Gasteiger partial charge in [0.25, 0.3) is 0 Å². The molecular formula is C14H18FNO3S. The first-order valence-corrected chi connectivity index (χ1v) is 8.50. The van der Waals surface area contributed by atoms with Crippen LogP contribution in [0.2, 0.25) is 0 Å². The molecule has 1 saturated heterocycles. The lowest BCUT2D eigenvalue weighted by atomic mass is 10.1. The van der Waals surface area contributed by atoms with Crippen LogP contribution >= 0.6 is 0 Å². The van der Waals surface area contributed by atoms with Gasteiger partial charge in [-0.25, -0.2) is 12.8 Å². The molecule has 1 aromatic rings. The van der Waals surface area contributed by atoms with Gasteiger partial charge in [0.1, 0.15) is 5.82 Å². The third kappa shape index (κ3) is 4.38. The number of hydrogen-bond acceptors (Lipinski definition) is 4. The summed E-state index contributed by atoms with van der Waals surface area (Å²) in [5.41, 5.74) is 0.521. The van der Waals surface area contributed by atoms with Crippen molar-refractivity contribution in [3.8, 4) is 0 Å². The quantitative estimate of drug-likeness (QED) is 0.774. The highest BCUT2D eigenvalue weighted by atomic mass is 32.2. The minimum Gasteiger partial charge on any atom is -0.301 e. The number of hydrogen-bond donors (Lipinski definition) is 0. The molecule has 0 unspecified atom stereocenters. The van der Waals surface area contributed by atoms with Crippen LogP contribution in [0.5, 0.6) is 0 Å². The van der Waals surface area contributed by atoms with Crippen molar-refractivity contribution in [2.75, 3.05) is 31.1 Å². The van der Waals surface area contributed by atoms with E-state index in [4.69, 9.17) is 0 Å². The van der Waals surface area contributed by atoms with Gasteiger partial charge < -0.3 is 4.90 Å². The Balaban J connectivity index is 1.73. The lowest BCUT2D eigenvalue weighted by Crippen LogP contribution is -2.40. The predicted molar refractivity (Wildman–Crippen MR) is 75.1 cm³/mol. The molecule has 110 valence electrons. The number of halogens is 1. The molecule has 0 bridgehead atoms. The molecule has 1 fully saturated rings. The summed E-state index contributed by atoms with van der Waals surface area (Å²) in [5, 5.41) is 0. The highest BCUT2D eigenvalue weighted by Gasteiger charge is 2.21. The fourth-order valence-corrected chi connectivity index (χ4v) is 3.49. The Kier molecular flexibility index (Phi) is 4.88. The van der Waals surface area contributed by atoms with E-state index in [0.717, 1.165) is 6.54 Å². The van der Waals surface area contributed by atoms with Gasteiger partial charge in [-0.05, 0) is 37.2 Å². The van der Waals surface area contributed by atoms with E-state index in [0.29, 0.717) is 31.5 Å². The Bertz CT molecular complexity index is 555. The van der Waals surface area contributed by atoms with Crippen LogP contribution in [-0.4, -0.2) is 50.2 Å². The maximum absolute atomic E-state index is 12.7. The Morgan fingerprint density at radius 3 is 2.35 bits per heavy atom. The maximum atomic E-state index is 12.7. The zero-order chi connectivity index (χ0) is 14.6. The maximum Gasteiger partial charge on any atom is 0.162 e. The summed E-state index contributed by atoms with van der Waals surface area (Å²) in [6.07, 6.45) is 1.09. The zero-order valence-corrected chi connectivity index (χ0v) is 12.0. The summed E-state index contributed by atoms with van der Waals surface area (Å²) in [7, 11) is -2.85. The highest BCUT2D eigenvalue weighted by Crippen LogP contribution is 2.09. The molecule has 0 aromatic heterocycles. The van der Waals surface area contributed by atoms with Crippen LogP contribution in [0.3, 0.4) is 0 Å². The van der Waals surface area contributed by atoms with Crippen molar-refractivity contribution in [2.24, 2.45) is 0 Å². The van der Waals surface area contributed by atoms with E-state index < -0.39 is 9.84 Å². The second-order valence-electron chi connectivity index (χ2n) is 5.03. The molecule has 1 heterocycles. The number of carbonyl (C=O) groups excluding carboxylic acids is 1. The van der Waals surface area contributed by atoms with Crippen LogP contribution in [0.1, 0.15) is 23.2 Å². The molecule has 0 saturated carbocycles. The minimum absolute atomic E-state index is 0.00497. The van der Waals surface area contributed by atoms with Gasteiger partial charge in [-0.15, -0.1) is 0 Å². The standard InChI is InChI=1S/C14H18FNO3S/c15-13-5-3-12(4-6-13)14(17)2-1-7-16-8-10-20(18,19)11-9-16/h3-6H,1-2,7-11H2. The van der Waals surface area contributed by atoms with Crippen LogP contribution in [0.15, 0.2) is 24.3 Å². The molecule has 0 atom stereocenters. The largest absolute Gasteiger partial charge is 0.301 e. The van der Waals surface area contributed by atoms with E-state index >= 15 is 0 Å². The molecule has 0 aliphatic carbocycles. The number of benzene rings is 1. The first kappa shape index (κ1) is 15.1. The van der Waals surface area contributed by atoms with Crippen molar-refractivity contribution < 1.29 is 17.6 Å². The third-order valence-corrected chi connectivity index (χ3v) is 5.09. The molecule has 1 aliphatic rings. The lowest BCUT2D eigenvalue weighted by Gasteiger charge is -2.26. The van der Waals surface area contributed by atoms with Gasteiger partial charge in [0, 0.05) is 25.1 Å². The number of sulfone groups is 1. The molecule has 6 heteroatoms. The van der Waals surface area contributed by atoms with Crippen LogP contribution in [0, 0.1) is 5.82 Å². The Labute approximate surface area is 118 Å². The SMILES string of the molecule is O=C(CCCN1CCS(=O)(=O)CC1)c1ccc(F)cc1. The molecule has 20 heavy (non-hydrogen) atoms. The monoisotopic (exact) mass is 299 g/mol. The van der Waals surface area contributed by atoms with Crippen molar-refractivity contribution in [3.63, 3.8) is 0 Å². The van der Waals surface area contributed by atoms with Crippen LogP contribution in [0.25, 0.3) is 0 Å². The van der Waals surface area contributed by atoms with E-state index in [1.165, 1.54) is 24.3 Å². The van der Waals surface area contributed by atoms with Crippen LogP contribution in [0.4, 0.5) is 4.39 Å². The van der Waals surface area contributed by atoms with Crippen molar-refractivity contribution in [2.45, 2.75) is 12.8 Å². The van der Waals surface area contributed by atoms with Gasteiger partial charge in [0.05, 0.1) is 11.5 Å². The van der Waals surface area contributed by atoms with Crippen molar-refractivity contribution in [1.29, 1.82) is 0 Å². The molecule has 1 aromatic carbocycles. The lowest BCUT2D eigenvalue weighted by molar-refractivity contribution is 0.0975. The van der Waals surface area contributed by atoms with Gasteiger partial charge in [-0.3, -0.25) is 4.79 Å². The highest BCUT2D eigenvalue weighted by molar-refractivity contribution is 7.91. The number of Topliss-reactive ketones (excluding diaryl/α,β-unsaturated/α-hetero) is 1. The van der Waals surface area contributed by atoms with Crippen LogP contribution < -0.4 is 0 Å². The zero-order valence-electron chi connectivity index (χ0n) is 11.2. The fourth-order valence-electron chi connectivity index (χ4n) is 2.22. The minimum atomic E-state index is -2.85. The van der Waals surface area contributed by atoms with Crippen molar-refractivity contribution >= 4 is 15.6 Å². The molecule has 0 spiro atoms. The molecule has 0 radical (unpaired) electrons. The third-order valence-electron chi connectivity index (χ3n) is 3.48. The Morgan fingerprint density at radius 1 is 1.15 bits per heavy atom. The van der Waals surface area contributed by atoms with Crippen molar-refractivity contribution in [1.82, 2.24) is 4.90 Å². The van der Waals surface area contributed by atoms with E-state index in [9.17, 15) is 17.6 Å². The molecule has 2 rings (SSSR count). The topological polar surface area (TPSA) is 54.5 Å². The summed E-state index contributed by atoms with van der Waals surface area (Å²) in [6, 6.07) is 5.54. The van der Waals surface area contributed by atoms with E-state index in [1.54, 1.807) is 0 Å². The van der Waals surface area contributed by atoms with E-state index in [-0.39, 0.29) is 23.1 Å². The van der Waals surface area contributed by atoms with Gasteiger partial charge in [-0.2, -0.15) is 0 Å². The molecular weight excluding hydrogens is 281 g/mol. The average molecular weight is 299 g/mol. The Hall–Kier alpha value is -1.27. The summed E-state index contributed by atoms with van der Waals surface area (Å²) < 4.78 is 35.3. The summed E-state index contributed by atoms with van der Waals surface area (Å²) >= 11 is 0. The van der Waals surface area contributed by atoms with E-state index in [2.05, 4.69) is 4.90 Å². The molecule has 4 nitrogen and oxygen atoms in total. The average Bonchev–Trinajstić information content (AvgIpc) is 2.41. The smallest absolute Gasteiger partial charge is 0.162 e. The predicted octanol–water partition coefficient (Wildman–Crippen LogP) is 1.52. The number of rotatable bonds is 5. The second kappa shape index (κ2) is 6.45. The molecule has 0 N–H and O–H groups in total. The number of nitrogens with zero attached hydrogens (tertiary/aromatic N) is 1. The van der Waals surface area contributed by atoms with Gasteiger partial charge in [0.2, 0.25) is 0 Å². The van der Waals surface area contributed by atoms with Gasteiger partial charge >= 0.3 is 0 Å². The summed E-state index contributed by atoms with van der Waals surface area (Å²) in [6.45, 7) is 1.82. The normalized spacial score (nSPS) is 18.9. The number of ketones is 1. The first-order valence-electron chi connectivity index (χ1n) is 6.68. The first-order chi connectivity index (χ1) is 9.46.